The van der Waals surface area contributed by atoms with Crippen molar-refractivity contribution in [1.82, 2.24) is 4.98 Å². The van der Waals surface area contributed by atoms with Crippen LogP contribution in [0.15, 0.2) is 30.4 Å². The van der Waals surface area contributed by atoms with E-state index in [0.29, 0.717) is 16.4 Å². The number of rotatable bonds is 2. The molecule has 0 atom stereocenters. The topological polar surface area (TPSA) is 77.5 Å². The lowest BCUT2D eigenvalue weighted by molar-refractivity contribution is -0.138. The Morgan fingerprint density at radius 3 is 3.25 bits per heavy atom. The number of carbonyl (C=O) groups excluding carboxylic acids is 1. The number of ether oxygens (including phenoxy) is 1. The van der Waals surface area contributed by atoms with Crippen molar-refractivity contribution in [2.45, 2.75) is 6.92 Å². The molecule has 1 aromatic rings. The second-order valence-corrected chi connectivity index (χ2v) is 3.08. The predicted molar refractivity (Wildman–Crippen MR) is 58.4 cm³/mol. The van der Waals surface area contributed by atoms with Crippen LogP contribution in [0.5, 0.6) is 0 Å². The molecule has 0 unspecified atom stereocenters. The molecule has 1 aliphatic rings. The van der Waals surface area contributed by atoms with Gasteiger partial charge >= 0.3 is 5.97 Å². The van der Waals surface area contributed by atoms with E-state index in [1.54, 1.807) is 6.92 Å². The standard InChI is InChI=1S/C10H10N3O3/c1-2-16-10(14)9-6-12-7-5-11-4-3-8(7)13(9)15/h3-6,12H,2H2,1H3/q-1. The molecule has 1 aliphatic heterocycles. The molecule has 0 bridgehead atoms. The van der Waals surface area contributed by atoms with Crippen LogP contribution < -0.4 is 10.4 Å². The summed E-state index contributed by atoms with van der Waals surface area (Å²) in [5.41, 5.74) is 0.839. The van der Waals surface area contributed by atoms with E-state index in [-0.39, 0.29) is 12.3 Å². The molecular weight excluding hydrogens is 210 g/mol. The van der Waals surface area contributed by atoms with Gasteiger partial charge in [-0.2, -0.15) is 0 Å². The minimum atomic E-state index is -0.646. The summed E-state index contributed by atoms with van der Waals surface area (Å²) >= 11 is 0. The molecule has 6 nitrogen and oxygen atoms in total. The average molecular weight is 220 g/mol. The minimum Gasteiger partial charge on any atom is -0.754 e. The lowest BCUT2D eigenvalue weighted by Gasteiger charge is -2.35. The summed E-state index contributed by atoms with van der Waals surface area (Å²) in [6, 6.07) is 1.53. The Hall–Kier alpha value is -2.08. The van der Waals surface area contributed by atoms with Gasteiger partial charge in [-0.3, -0.25) is 4.98 Å². The third kappa shape index (κ3) is 1.70. The number of carbonyl (C=O) groups is 1. The Balaban J connectivity index is 2.28. The highest BCUT2D eigenvalue weighted by Crippen LogP contribution is 2.30. The molecule has 2 rings (SSSR count). The Morgan fingerprint density at radius 1 is 1.69 bits per heavy atom. The number of nitrogens with one attached hydrogen (secondary N) is 1. The smallest absolute Gasteiger partial charge is 0.355 e. The zero-order valence-corrected chi connectivity index (χ0v) is 8.64. The Labute approximate surface area is 92.1 Å². The van der Waals surface area contributed by atoms with Crippen LogP contribution in [-0.2, 0) is 9.53 Å². The fraction of sp³-hybridized carbons (Fsp3) is 0.200. The number of pyridine rings is 1. The van der Waals surface area contributed by atoms with Crippen LogP contribution in [-0.4, -0.2) is 17.6 Å². The van der Waals surface area contributed by atoms with Crippen LogP contribution in [0.25, 0.3) is 0 Å². The number of hydrogen-bond acceptors (Lipinski definition) is 6. The van der Waals surface area contributed by atoms with Crippen molar-refractivity contribution in [2.24, 2.45) is 0 Å². The summed E-state index contributed by atoms with van der Waals surface area (Å²) in [5.74, 6) is -0.646. The molecule has 16 heavy (non-hydrogen) atoms. The van der Waals surface area contributed by atoms with E-state index in [1.165, 1.54) is 24.7 Å². The van der Waals surface area contributed by atoms with Crippen molar-refractivity contribution in [2.75, 3.05) is 17.0 Å². The van der Waals surface area contributed by atoms with E-state index in [1.807, 2.05) is 0 Å². The first-order valence-corrected chi connectivity index (χ1v) is 4.79. The van der Waals surface area contributed by atoms with Crippen LogP contribution in [0.2, 0.25) is 0 Å². The summed E-state index contributed by atoms with van der Waals surface area (Å²) in [4.78, 5) is 15.3. The van der Waals surface area contributed by atoms with Gasteiger partial charge in [0.15, 0.2) is 0 Å². The molecule has 0 aromatic carbocycles. The third-order valence-electron chi connectivity index (χ3n) is 2.08. The largest absolute Gasteiger partial charge is 0.754 e. The van der Waals surface area contributed by atoms with Crippen molar-refractivity contribution in [3.05, 3.63) is 35.6 Å². The normalized spacial score (nSPS) is 13.6. The van der Waals surface area contributed by atoms with Crippen LogP contribution in [0, 0.1) is 5.21 Å². The van der Waals surface area contributed by atoms with Crippen LogP contribution >= 0.6 is 0 Å². The molecule has 0 amide bonds. The van der Waals surface area contributed by atoms with Crippen LogP contribution in [0.4, 0.5) is 11.4 Å². The molecule has 1 aromatic heterocycles. The maximum atomic E-state index is 11.8. The Kier molecular flexibility index (Phi) is 2.74. The number of aromatic nitrogens is 1. The van der Waals surface area contributed by atoms with Gasteiger partial charge in [0.2, 0.25) is 0 Å². The fourth-order valence-corrected chi connectivity index (χ4v) is 1.36. The van der Waals surface area contributed by atoms with Gasteiger partial charge in [-0.1, -0.05) is 0 Å². The lowest BCUT2D eigenvalue weighted by atomic mass is 10.2. The number of esters is 1. The summed E-state index contributed by atoms with van der Waals surface area (Å²) in [5, 5.41) is 15.2. The van der Waals surface area contributed by atoms with E-state index in [4.69, 9.17) is 4.74 Å². The zero-order chi connectivity index (χ0) is 11.5. The van der Waals surface area contributed by atoms with Crippen molar-refractivity contribution in [3.8, 4) is 0 Å². The van der Waals surface area contributed by atoms with Crippen LogP contribution in [0.3, 0.4) is 0 Å². The zero-order valence-electron chi connectivity index (χ0n) is 8.64. The summed E-state index contributed by atoms with van der Waals surface area (Å²) in [6.45, 7) is 1.91. The molecule has 0 fully saturated rings. The molecular formula is C10H10N3O3-. The van der Waals surface area contributed by atoms with Crippen molar-refractivity contribution >= 4 is 17.3 Å². The highest BCUT2D eigenvalue weighted by molar-refractivity contribution is 5.96. The van der Waals surface area contributed by atoms with Crippen molar-refractivity contribution in [1.29, 1.82) is 0 Å². The first-order chi connectivity index (χ1) is 7.74. The first-order valence-electron chi connectivity index (χ1n) is 4.79. The number of anilines is 2. The number of hydrogen-bond donors (Lipinski definition) is 1. The minimum absolute atomic E-state index is 0.0689. The molecule has 0 radical (unpaired) electrons. The molecule has 0 saturated heterocycles. The van der Waals surface area contributed by atoms with Crippen LogP contribution in [0.1, 0.15) is 6.92 Å². The predicted octanol–water partition coefficient (Wildman–Crippen LogP) is 1.22. The highest BCUT2D eigenvalue weighted by Gasteiger charge is 2.19. The van der Waals surface area contributed by atoms with Gasteiger partial charge in [0.05, 0.1) is 24.2 Å². The van der Waals surface area contributed by atoms with Gasteiger partial charge in [0.25, 0.3) is 0 Å². The number of fused-ring (bicyclic) bond motifs is 1. The average Bonchev–Trinajstić information content (AvgIpc) is 2.30. The molecule has 0 aliphatic carbocycles. The van der Waals surface area contributed by atoms with E-state index in [2.05, 4.69) is 10.3 Å². The fourth-order valence-electron chi connectivity index (χ4n) is 1.36. The maximum absolute atomic E-state index is 11.8. The maximum Gasteiger partial charge on any atom is 0.355 e. The number of nitrogens with zero attached hydrogens (tertiary/aromatic N) is 2. The molecule has 84 valence electrons. The molecule has 0 saturated carbocycles. The van der Waals surface area contributed by atoms with E-state index >= 15 is 0 Å². The second kappa shape index (κ2) is 4.19. The Morgan fingerprint density at radius 2 is 2.50 bits per heavy atom. The van der Waals surface area contributed by atoms with E-state index in [9.17, 15) is 10.0 Å². The Bertz CT molecular complexity index is 445. The summed E-state index contributed by atoms with van der Waals surface area (Å²) in [7, 11) is 0. The van der Waals surface area contributed by atoms with Crippen molar-refractivity contribution in [3.63, 3.8) is 0 Å². The van der Waals surface area contributed by atoms with Gasteiger partial charge in [-0.15, -0.1) is 0 Å². The highest BCUT2D eigenvalue weighted by atomic mass is 16.5. The summed E-state index contributed by atoms with van der Waals surface area (Å²) in [6.07, 6.45) is 4.31. The van der Waals surface area contributed by atoms with Crippen molar-refractivity contribution < 1.29 is 9.53 Å². The monoisotopic (exact) mass is 220 g/mol. The lowest BCUT2D eigenvalue weighted by Crippen LogP contribution is -2.27. The van der Waals surface area contributed by atoms with E-state index in [0.717, 1.165) is 0 Å². The van der Waals surface area contributed by atoms with Gasteiger partial charge in [-0.05, 0) is 13.0 Å². The second-order valence-electron chi connectivity index (χ2n) is 3.08. The molecule has 0 spiro atoms. The van der Waals surface area contributed by atoms with Gasteiger partial charge in [0.1, 0.15) is 5.70 Å². The summed E-state index contributed by atoms with van der Waals surface area (Å²) < 4.78 is 4.76. The molecule has 1 N–H and O–H groups in total. The third-order valence-corrected chi connectivity index (χ3v) is 2.08. The quantitative estimate of drug-likeness (QED) is 0.755. The van der Waals surface area contributed by atoms with E-state index < -0.39 is 5.97 Å². The number of hydroxylamine groups is 1. The first kappa shape index (κ1) is 10.4. The van der Waals surface area contributed by atoms with Gasteiger partial charge < -0.3 is 20.3 Å². The molecule has 6 heteroatoms. The van der Waals surface area contributed by atoms with Gasteiger partial charge in [-0.25, -0.2) is 4.79 Å². The SMILES string of the molecule is CCOC(=O)C1=CNc2cnccc2N1[O-]. The van der Waals surface area contributed by atoms with Gasteiger partial charge in [0, 0.05) is 12.4 Å². The molecule has 2 heterocycles.